The number of nitrogens with zero attached hydrogens (tertiary/aromatic N) is 2. The predicted molar refractivity (Wildman–Crippen MR) is 106 cm³/mol. The molecule has 2 aliphatic rings. The Morgan fingerprint density at radius 1 is 1.14 bits per heavy atom. The van der Waals surface area contributed by atoms with Crippen molar-refractivity contribution in [3.8, 4) is 5.75 Å². The third-order valence-corrected chi connectivity index (χ3v) is 6.26. The summed E-state index contributed by atoms with van der Waals surface area (Å²) in [6, 6.07) is 10.5. The maximum absolute atomic E-state index is 13.3. The molecule has 3 heterocycles. The molecule has 1 spiro atoms. The Kier molecular flexibility index (Phi) is 4.52. The van der Waals surface area contributed by atoms with Crippen LogP contribution in [0.5, 0.6) is 5.75 Å². The second-order valence-electron chi connectivity index (χ2n) is 7.93. The van der Waals surface area contributed by atoms with Gasteiger partial charge >= 0.3 is 0 Å². The van der Waals surface area contributed by atoms with Gasteiger partial charge in [0, 0.05) is 48.8 Å². The van der Waals surface area contributed by atoms with Crippen molar-refractivity contribution in [3.63, 3.8) is 0 Å². The average molecular weight is 401 g/mol. The van der Waals surface area contributed by atoms with Crippen molar-refractivity contribution in [1.29, 1.82) is 0 Å². The molecule has 0 N–H and O–H groups in total. The molecule has 1 saturated heterocycles. The highest BCUT2D eigenvalue weighted by molar-refractivity contribution is 6.30. The zero-order valence-electron chi connectivity index (χ0n) is 15.6. The van der Waals surface area contributed by atoms with Crippen molar-refractivity contribution < 1.29 is 13.7 Å². The molecule has 3 aromatic rings. The Morgan fingerprint density at radius 3 is 2.86 bits per heavy atom. The lowest BCUT2D eigenvalue weighted by molar-refractivity contribution is 0.0192. The molecule has 0 atom stereocenters. The van der Waals surface area contributed by atoms with Crippen molar-refractivity contribution in [3.05, 3.63) is 58.5 Å². The second-order valence-corrected chi connectivity index (χ2v) is 8.37. The van der Waals surface area contributed by atoms with E-state index in [9.17, 15) is 4.39 Å². The molecule has 146 valence electrons. The van der Waals surface area contributed by atoms with E-state index >= 15 is 0 Å². The first-order valence-electron chi connectivity index (χ1n) is 9.84. The van der Waals surface area contributed by atoms with E-state index in [1.54, 1.807) is 6.07 Å². The minimum Gasteiger partial charge on any atom is -0.487 e. The number of ether oxygens (including phenoxy) is 1. The number of hydrogen-bond donors (Lipinski definition) is 0. The highest BCUT2D eigenvalue weighted by Crippen LogP contribution is 2.41. The number of aromatic nitrogens is 1. The van der Waals surface area contributed by atoms with Crippen LogP contribution in [0.4, 0.5) is 4.39 Å². The summed E-state index contributed by atoms with van der Waals surface area (Å²) in [5.74, 6) is 0.697. The van der Waals surface area contributed by atoms with E-state index in [0.29, 0.717) is 5.58 Å². The largest absolute Gasteiger partial charge is 0.487 e. The first-order chi connectivity index (χ1) is 13.6. The standard InChI is InChI=1S/C22H22ClFN2O2/c23-16-3-6-20-15(12-16)14-22(27-20)7-10-26(11-8-22)9-1-2-19-18-5-4-17(24)13-21(18)28-25-19/h3-6,12-13H,1-2,7-11,14H2. The third kappa shape index (κ3) is 3.38. The first kappa shape index (κ1) is 18.0. The summed E-state index contributed by atoms with van der Waals surface area (Å²) < 4.78 is 24.8. The molecular weight excluding hydrogens is 379 g/mol. The van der Waals surface area contributed by atoms with Gasteiger partial charge in [-0.05, 0) is 55.3 Å². The Balaban J connectivity index is 1.14. The van der Waals surface area contributed by atoms with Crippen molar-refractivity contribution in [2.45, 2.75) is 37.7 Å². The summed E-state index contributed by atoms with van der Waals surface area (Å²) >= 11 is 6.12. The van der Waals surface area contributed by atoms with E-state index in [0.717, 1.165) is 73.6 Å². The minimum atomic E-state index is -0.295. The number of likely N-dealkylation sites (tertiary alicyclic amines) is 1. The van der Waals surface area contributed by atoms with Crippen LogP contribution in [-0.4, -0.2) is 35.3 Å². The number of benzene rings is 2. The van der Waals surface area contributed by atoms with E-state index in [2.05, 4.69) is 10.1 Å². The number of fused-ring (bicyclic) bond motifs is 2. The van der Waals surface area contributed by atoms with Crippen LogP contribution in [0.15, 0.2) is 40.9 Å². The normalized spacial score (nSPS) is 18.5. The number of hydrogen-bond acceptors (Lipinski definition) is 4. The molecule has 28 heavy (non-hydrogen) atoms. The summed E-state index contributed by atoms with van der Waals surface area (Å²) in [5.41, 5.74) is 2.61. The minimum absolute atomic E-state index is 0.0596. The Morgan fingerprint density at radius 2 is 2.00 bits per heavy atom. The molecule has 2 aliphatic heterocycles. The van der Waals surface area contributed by atoms with E-state index in [1.165, 1.54) is 17.7 Å². The molecule has 0 saturated carbocycles. The summed E-state index contributed by atoms with van der Waals surface area (Å²) in [4.78, 5) is 2.49. The van der Waals surface area contributed by atoms with Crippen LogP contribution in [0.2, 0.25) is 5.02 Å². The van der Waals surface area contributed by atoms with E-state index in [1.807, 2.05) is 18.2 Å². The summed E-state index contributed by atoms with van der Waals surface area (Å²) in [6.07, 6.45) is 4.86. The Bertz CT molecular complexity index is 1010. The lowest BCUT2D eigenvalue weighted by atomic mass is 9.87. The lowest BCUT2D eigenvalue weighted by Crippen LogP contribution is -2.47. The van der Waals surface area contributed by atoms with Crippen LogP contribution in [0.1, 0.15) is 30.5 Å². The van der Waals surface area contributed by atoms with Crippen molar-refractivity contribution in [1.82, 2.24) is 10.1 Å². The van der Waals surface area contributed by atoms with E-state index in [-0.39, 0.29) is 11.4 Å². The number of piperidine rings is 1. The quantitative estimate of drug-likeness (QED) is 0.616. The van der Waals surface area contributed by atoms with Crippen LogP contribution in [0.3, 0.4) is 0 Å². The monoisotopic (exact) mass is 400 g/mol. The zero-order chi connectivity index (χ0) is 19.1. The highest BCUT2D eigenvalue weighted by Gasteiger charge is 2.41. The van der Waals surface area contributed by atoms with Crippen LogP contribution < -0.4 is 4.74 Å². The molecule has 6 heteroatoms. The first-order valence-corrected chi connectivity index (χ1v) is 10.2. The average Bonchev–Trinajstić information content (AvgIpc) is 3.24. The van der Waals surface area contributed by atoms with Gasteiger partial charge in [-0.3, -0.25) is 0 Å². The molecule has 2 aromatic carbocycles. The van der Waals surface area contributed by atoms with E-state index in [4.69, 9.17) is 20.9 Å². The molecule has 1 fully saturated rings. The molecule has 0 unspecified atom stereocenters. The van der Waals surface area contributed by atoms with Crippen LogP contribution in [0, 0.1) is 5.82 Å². The van der Waals surface area contributed by atoms with Gasteiger partial charge in [-0.1, -0.05) is 16.8 Å². The van der Waals surface area contributed by atoms with Crippen molar-refractivity contribution >= 4 is 22.6 Å². The second kappa shape index (κ2) is 7.05. The van der Waals surface area contributed by atoms with Crippen molar-refractivity contribution in [2.75, 3.05) is 19.6 Å². The molecule has 4 nitrogen and oxygen atoms in total. The van der Waals surface area contributed by atoms with Crippen molar-refractivity contribution in [2.24, 2.45) is 0 Å². The smallest absolute Gasteiger partial charge is 0.170 e. The lowest BCUT2D eigenvalue weighted by Gasteiger charge is -2.38. The number of rotatable bonds is 4. The van der Waals surface area contributed by atoms with Crippen LogP contribution in [0.25, 0.3) is 11.0 Å². The fraction of sp³-hybridized carbons (Fsp3) is 0.409. The van der Waals surface area contributed by atoms with Gasteiger partial charge in [-0.2, -0.15) is 0 Å². The molecule has 1 aromatic heterocycles. The fourth-order valence-corrected chi connectivity index (χ4v) is 4.67. The summed E-state index contributed by atoms with van der Waals surface area (Å²) in [7, 11) is 0. The number of halogens is 2. The highest BCUT2D eigenvalue weighted by atomic mass is 35.5. The van der Waals surface area contributed by atoms with Crippen LogP contribution >= 0.6 is 11.6 Å². The molecule has 5 rings (SSSR count). The Labute approximate surface area is 168 Å². The molecule has 0 aliphatic carbocycles. The van der Waals surface area contributed by atoms with Gasteiger partial charge in [0.2, 0.25) is 0 Å². The van der Waals surface area contributed by atoms with Gasteiger partial charge in [0.15, 0.2) is 5.58 Å². The van der Waals surface area contributed by atoms with Gasteiger partial charge in [0.05, 0.1) is 5.69 Å². The maximum atomic E-state index is 13.3. The maximum Gasteiger partial charge on any atom is 0.170 e. The van der Waals surface area contributed by atoms with Gasteiger partial charge in [0.25, 0.3) is 0 Å². The molecule has 0 bridgehead atoms. The molecule has 0 amide bonds. The number of aryl methyl sites for hydroxylation is 1. The van der Waals surface area contributed by atoms with Gasteiger partial charge in [0.1, 0.15) is 17.2 Å². The molecular formula is C22H22ClFN2O2. The predicted octanol–water partition coefficient (Wildman–Crippen LogP) is 5.02. The molecule has 0 radical (unpaired) electrons. The Hall–Kier alpha value is -2.11. The van der Waals surface area contributed by atoms with E-state index < -0.39 is 0 Å². The summed E-state index contributed by atoms with van der Waals surface area (Å²) in [5, 5.41) is 5.81. The van der Waals surface area contributed by atoms with Gasteiger partial charge < -0.3 is 14.2 Å². The van der Waals surface area contributed by atoms with Gasteiger partial charge in [-0.15, -0.1) is 0 Å². The zero-order valence-corrected chi connectivity index (χ0v) is 16.3. The van der Waals surface area contributed by atoms with Crippen LogP contribution in [-0.2, 0) is 12.8 Å². The SMILES string of the molecule is Fc1ccc2c(CCCN3CCC4(CC3)Cc3cc(Cl)ccc3O4)noc2c1. The van der Waals surface area contributed by atoms with Gasteiger partial charge in [-0.25, -0.2) is 4.39 Å². The summed E-state index contributed by atoms with van der Waals surface area (Å²) in [6.45, 7) is 3.09. The fourth-order valence-electron chi connectivity index (χ4n) is 4.48. The third-order valence-electron chi connectivity index (χ3n) is 6.03. The topological polar surface area (TPSA) is 38.5 Å².